The van der Waals surface area contributed by atoms with Gasteiger partial charge in [0.25, 0.3) is 5.91 Å². The van der Waals surface area contributed by atoms with E-state index in [2.05, 4.69) is 5.32 Å². The smallest absolute Gasteiger partial charge is 0.258 e. The maximum atomic E-state index is 11.6. The predicted molar refractivity (Wildman–Crippen MR) is 60.4 cm³/mol. The molecule has 0 saturated heterocycles. The molecule has 16 heavy (non-hydrogen) atoms. The quantitative estimate of drug-likeness (QED) is 0.601. The highest BCUT2D eigenvalue weighted by Gasteiger charge is 2.15. The van der Waals surface area contributed by atoms with Gasteiger partial charge in [0.05, 0.1) is 0 Å². The van der Waals surface area contributed by atoms with Crippen molar-refractivity contribution < 1.29 is 15.0 Å². The van der Waals surface area contributed by atoms with E-state index in [9.17, 15) is 15.0 Å². The molecule has 1 unspecified atom stereocenters. The number of nitrogens with one attached hydrogen (secondary N) is 1. The summed E-state index contributed by atoms with van der Waals surface area (Å²) in [5.74, 6) is -1.02. The highest BCUT2D eigenvalue weighted by molar-refractivity contribution is 5.99. The summed E-state index contributed by atoms with van der Waals surface area (Å²) in [4.78, 5) is 11.6. The molecule has 0 aliphatic heterocycles. The first-order valence-electron chi connectivity index (χ1n) is 5.11. The summed E-state index contributed by atoms with van der Waals surface area (Å²) < 4.78 is 0. The molecule has 1 amide bonds. The molecule has 88 valence electrons. The van der Waals surface area contributed by atoms with Crippen molar-refractivity contribution in [1.82, 2.24) is 5.32 Å². The molecule has 5 heteroatoms. The van der Waals surface area contributed by atoms with Crippen LogP contribution >= 0.6 is 0 Å². The van der Waals surface area contributed by atoms with Gasteiger partial charge in [-0.2, -0.15) is 0 Å². The van der Waals surface area contributed by atoms with Gasteiger partial charge in [-0.05, 0) is 18.6 Å². The van der Waals surface area contributed by atoms with E-state index in [1.54, 1.807) is 0 Å². The van der Waals surface area contributed by atoms with E-state index in [-0.39, 0.29) is 23.1 Å². The van der Waals surface area contributed by atoms with E-state index >= 15 is 0 Å². The van der Waals surface area contributed by atoms with E-state index in [0.717, 1.165) is 6.42 Å². The number of hydrogen-bond donors (Lipinski definition) is 4. The molecule has 5 nitrogen and oxygen atoms in total. The number of amides is 1. The maximum Gasteiger partial charge on any atom is 0.258 e. The summed E-state index contributed by atoms with van der Waals surface area (Å²) in [5.41, 5.74) is 5.52. The van der Waals surface area contributed by atoms with E-state index in [4.69, 9.17) is 5.73 Å². The van der Waals surface area contributed by atoms with Crippen molar-refractivity contribution >= 4 is 5.91 Å². The number of hydrogen-bond acceptors (Lipinski definition) is 4. The highest BCUT2D eigenvalue weighted by atomic mass is 16.3. The minimum Gasteiger partial charge on any atom is -0.507 e. The van der Waals surface area contributed by atoms with Gasteiger partial charge < -0.3 is 21.3 Å². The Balaban J connectivity index is 2.73. The zero-order valence-corrected chi connectivity index (χ0v) is 9.10. The standard InChI is InChI=1S/C11H16N2O3/c1-2-7(12)6-13-11(16)10-8(14)4-3-5-9(10)15/h3-5,7,14-15H,2,6,12H2,1H3,(H,13,16). The lowest BCUT2D eigenvalue weighted by Crippen LogP contribution is -2.36. The van der Waals surface area contributed by atoms with Crippen LogP contribution in [0.1, 0.15) is 23.7 Å². The Kier molecular flexibility index (Phi) is 4.13. The molecular formula is C11H16N2O3. The lowest BCUT2D eigenvalue weighted by Gasteiger charge is -2.11. The molecule has 0 bridgehead atoms. The van der Waals surface area contributed by atoms with Crippen LogP contribution in [-0.2, 0) is 0 Å². The van der Waals surface area contributed by atoms with Crippen molar-refractivity contribution in [1.29, 1.82) is 0 Å². The van der Waals surface area contributed by atoms with Crippen molar-refractivity contribution in [2.75, 3.05) is 6.54 Å². The molecule has 0 radical (unpaired) electrons. The minimum absolute atomic E-state index is 0.120. The summed E-state index contributed by atoms with van der Waals surface area (Å²) in [6.07, 6.45) is 0.743. The molecule has 0 spiro atoms. The van der Waals surface area contributed by atoms with Crippen LogP contribution < -0.4 is 11.1 Å². The number of rotatable bonds is 4. The van der Waals surface area contributed by atoms with Crippen molar-refractivity contribution in [2.24, 2.45) is 5.73 Å². The van der Waals surface area contributed by atoms with Gasteiger partial charge in [0, 0.05) is 12.6 Å². The third kappa shape index (κ3) is 2.87. The second-order valence-corrected chi connectivity index (χ2v) is 3.55. The van der Waals surface area contributed by atoms with Crippen LogP contribution in [0, 0.1) is 0 Å². The SMILES string of the molecule is CCC(N)CNC(=O)c1c(O)cccc1O. The zero-order chi connectivity index (χ0) is 12.1. The van der Waals surface area contributed by atoms with Crippen molar-refractivity contribution in [3.8, 4) is 11.5 Å². The van der Waals surface area contributed by atoms with Crippen molar-refractivity contribution in [3.05, 3.63) is 23.8 Å². The fourth-order valence-corrected chi connectivity index (χ4v) is 1.22. The molecule has 0 heterocycles. The average molecular weight is 224 g/mol. The molecular weight excluding hydrogens is 208 g/mol. The third-order valence-corrected chi connectivity index (χ3v) is 2.30. The second-order valence-electron chi connectivity index (χ2n) is 3.55. The fourth-order valence-electron chi connectivity index (χ4n) is 1.22. The van der Waals surface area contributed by atoms with Crippen LogP contribution in [0.3, 0.4) is 0 Å². The van der Waals surface area contributed by atoms with Crippen LogP contribution in [0.2, 0.25) is 0 Å². The molecule has 1 aromatic rings. The molecule has 1 atom stereocenters. The normalized spacial score (nSPS) is 12.1. The topological polar surface area (TPSA) is 95.6 Å². The van der Waals surface area contributed by atoms with Crippen LogP contribution in [0.4, 0.5) is 0 Å². The van der Waals surface area contributed by atoms with Crippen molar-refractivity contribution in [3.63, 3.8) is 0 Å². The van der Waals surface area contributed by atoms with Gasteiger partial charge in [-0.1, -0.05) is 13.0 Å². The maximum absolute atomic E-state index is 11.6. The summed E-state index contributed by atoms with van der Waals surface area (Å²) >= 11 is 0. The Labute approximate surface area is 93.9 Å². The number of carbonyl (C=O) groups excluding carboxylic acids is 1. The van der Waals surface area contributed by atoms with E-state index in [1.807, 2.05) is 6.92 Å². The van der Waals surface area contributed by atoms with Gasteiger partial charge in [-0.3, -0.25) is 4.79 Å². The van der Waals surface area contributed by atoms with Crippen molar-refractivity contribution in [2.45, 2.75) is 19.4 Å². The Morgan fingerprint density at radius 2 is 2.00 bits per heavy atom. The number of phenols is 2. The first-order chi connectivity index (χ1) is 7.56. The van der Waals surface area contributed by atoms with Crippen LogP contribution in [-0.4, -0.2) is 28.7 Å². The first-order valence-corrected chi connectivity index (χ1v) is 5.11. The number of carbonyl (C=O) groups is 1. The molecule has 1 aromatic carbocycles. The third-order valence-electron chi connectivity index (χ3n) is 2.30. The number of nitrogens with two attached hydrogens (primary N) is 1. The first kappa shape index (κ1) is 12.3. The molecule has 1 rings (SSSR count). The molecule has 5 N–H and O–H groups in total. The van der Waals surface area contributed by atoms with E-state index in [1.165, 1.54) is 18.2 Å². The zero-order valence-electron chi connectivity index (χ0n) is 9.10. The number of aromatic hydroxyl groups is 2. The largest absolute Gasteiger partial charge is 0.507 e. The van der Waals surface area contributed by atoms with Gasteiger partial charge in [-0.15, -0.1) is 0 Å². The summed E-state index contributed by atoms with van der Waals surface area (Å²) in [6.45, 7) is 2.22. The lowest BCUT2D eigenvalue weighted by atomic mass is 10.1. The van der Waals surface area contributed by atoms with Gasteiger partial charge in [0.2, 0.25) is 0 Å². The van der Waals surface area contributed by atoms with Gasteiger partial charge in [0.15, 0.2) is 0 Å². The number of benzene rings is 1. The Morgan fingerprint density at radius 1 is 1.44 bits per heavy atom. The lowest BCUT2D eigenvalue weighted by molar-refractivity contribution is 0.0945. The molecule has 0 aromatic heterocycles. The molecule has 0 aliphatic rings. The Bertz CT molecular complexity index is 359. The number of phenolic OH excluding ortho intramolecular Hbond substituents is 2. The second kappa shape index (κ2) is 5.37. The van der Waals surface area contributed by atoms with Gasteiger partial charge in [-0.25, -0.2) is 0 Å². The van der Waals surface area contributed by atoms with Gasteiger partial charge in [0.1, 0.15) is 17.1 Å². The summed E-state index contributed by atoms with van der Waals surface area (Å²) in [6, 6.07) is 4.01. The van der Waals surface area contributed by atoms with Crippen LogP contribution in [0.15, 0.2) is 18.2 Å². The fraction of sp³-hybridized carbons (Fsp3) is 0.364. The molecule has 0 saturated carbocycles. The van der Waals surface area contributed by atoms with Gasteiger partial charge >= 0.3 is 0 Å². The van der Waals surface area contributed by atoms with E-state index in [0.29, 0.717) is 6.54 Å². The molecule has 0 aliphatic carbocycles. The van der Waals surface area contributed by atoms with Crippen LogP contribution in [0.25, 0.3) is 0 Å². The summed E-state index contributed by atoms with van der Waals surface area (Å²) in [5, 5.41) is 21.4. The Morgan fingerprint density at radius 3 is 2.50 bits per heavy atom. The average Bonchev–Trinajstić information content (AvgIpc) is 2.25. The minimum atomic E-state index is -0.528. The molecule has 0 fully saturated rings. The predicted octanol–water partition coefficient (Wildman–Crippen LogP) is 0.565. The highest BCUT2D eigenvalue weighted by Crippen LogP contribution is 2.25. The Hall–Kier alpha value is -1.75. The monoisotopic (exact) mass is 224 g/mol. The summed E-state index contributed by atoms with van der Waals surface area (Å²) in [7, 11) is 0. The van der Waals surface area contributed by atoms with Crippen LogP contribution in [0.5, 0.6) is 11.5 Å². The van der Waals surface area contributed by atoms with E-state index < -0.39 is 5.91 Å².